The molecule has 0 aliphatic heterocycles. The minimum atomic E-state index is -1.13. The first kappa shape index (κ1) is 21.1. The fraction of sp³-hybridized carbons (Fsp3) is 0.192. The molecule has 0 saturated carbocycles. The summed E-state index contributed by atoms with van der Waals surface area (Å²) in [5.74, 6) is -1.22. The van der Waals surface area contributed by atoms with Crippen molar-refractivity contribution in [2.45, 2.75) is 24.8 Å². The van der Waals surface area contributed by atoms with Gasteiger partial charge in [0.05, 0.1) is 11.6 Å². The van der Waals surface area contributed by atoms with E-state index < -0.39 is 18.1 Å². The van der Waals surface area contributed by atoms with E-state index in [-0.39, 0.29) is 18.9 Å². The number of aliphatic carboxylic acids is 1. The molecular weight excluding hydrogens is 404 g/mol. The largest absolute Gasteiger partial charge is 0.480 e. The van der Waals surface area contributed by atoms with Crippen molar-refractivity contribution in [3.05, 3.63) is 95.1 Å². The van der Waals surface area contributed by atoms with Crippen LogP contribution in [0.15, 0.2) is 72.8 Å². The third-order valence-corrected chi connectivity index (χ3v) is 5.71. The molecule has 0 bridgehead atoms. The van der Waals surface area contributed by atoms with Crippen molar-refractivity contribution >= 4 is 12.1 Å². The van der Waals surface area contributed by atoms with E-state index in [0.717, 1.165) is 27.8 Å². The zero-order valence-electron chi connectivity index (χ0n) is 17.3. The average molecular weight is 426 g/mol. The SMILES string of the molecule is N#Cc1cccc(CC[C@@H](NC(=O)OCC2c3ccccc3-c3ccccc32)C(=O)O)c1. The van der Waals surface area contributed by atoms with Gasteiger partial charge in [0.15, 0.2) is 0 Å². The van der Waals surface area contributed by atoms with Crippen LogP contribution in [0.2, 0.25) is 0 Å². The molecule has 1 atom stereocenters. The molecule has 0 heterocycles. The maximum atomic E-state index is 12.4. The van der Waals surface area contributed by atoms with Gasteiger partial charge in [0.1, 0.15) is 12.6 Å². The van der Waals surface area contributed by atoms with E-state index >= 15 is 0 Å². The summed E-state index contributed by atoms with van der Waals surface area (Å²) in [6.45, 7) is 0.121. The highest BCUT2D eigenvalue weighted by Gasteiger charge is 2.29. The molecule has 3 aromatic rings. The summed E-state index contributed by atoms with van der Waals surface area (Å²) < 4.78 is 5.45. The predicted molar refractivity (Wildman–Crippen MR) is 119 cm³/mol. The summed E-state index contributed by atoms with van der Waals surface area (Å²) in [7, 11) is 0. The van der Waals surface area contributed by atoms with Crippen molar-refractivity contribution in [1.29, 1.82) is 5.26 Å². The maximum Gasteiger partial charge on any atom is 0.407 e. The fourth-order valence-electron chi connectivity index (χ4n) is 4.15. The number of nitrogens with zero attached hydrogens (tertiary/aromatic N) is 1. The molecule has 0 aromatic heterocycles. The average Bonchev–Trinajstić information content (AvgIpc) is 3.14. The standard InChI is InChI=1S/C26H22N2O4/c27-15-18-7-5-6-17(14-18)12-13-24(25(29)30)28-26(31)32-16-23-21-10-3-1-8-19(21)20-9-2-4-11-22(20)23/h1-11,14,23-24H,12-13,16H2,(H,28,31)(H,29,30)/t24-/m1/s1. The van der Waals surface area contributed by atoms with Crippen molar-refractivity contribution in [3.8, 4) is 17.2 Å². The van der Waals surface area contributed by atoms with Crippen molar-refractivity contribution in [3.63, 3.8) is 0 Å². The number of carboxylic acid groups (broad SMARTS) is 1. The zero-order valence-corrected chi connectivity index (χ0v) is 17.3. The number of carboxylic acids is 1. The second-order valence-electron chi connectivity index (χ2n) is 7.71. The highest BCUT2D eigenvalue weighted by atomic mass is 16.5. The van der Waals surface area contributed by atoms with Crippen LogP contribution in [0.1, 0.15) is 34.6 Å². The maximum absolute atomic E-state index is 12.4. The van der Waals surface area contributed by atoms with E-state index in [4.69, 9.17) is 10.00 Å². The zero-order chi connectivity index (χ0) is 22.5. The van der Waals surface area contributed by atoms with Gasteiger partial charge in [0, 0.05) is 5.92 Å². The first-order valence-electron chi connectivity index (χ1n) is 10.4. The topological polar surface area (TPSA) is 99.4 Å². The molecule has 0 fully saturated rings. The molecular formula is C26H22N2O4. The van der Waals surface area contributed by atoms with Crippen LogP contribution in [0.25, 0.3) is 11.1 Å². The molecule has 3 aromatic carbocycles. The summed E-state index contributed by atoms with van der Waals surface area (Å²) in [4.78, 5) is 24.1. The molecule has 1 amide bonds. The Labute approximate surface area is 186 Å². The smallest absolute Gasteiger partial charge is 0.407 e. The Bertz CT molecular complexity index is 1150. The number of ether oxygens (including phenoxy) is 1. The number of carbonyl (C=O) groups excluding carboxylic acids is 1. The van der Waals surface area contributed by atoms with Crippen LogP contribution < -0.4 is 5.32 Å². The normalized spacial score (nSPS) is 12.8. The summed E-state index contributed by atoms with van der Waals surface area (Å²) in [5.41, 5.74) is 5.78. The van der Waals surface area contributed by atoms with Crippen molar-refractivity contribution in [2.24, 2.45) is 0 Å². The third-order valence-electron chi connectivity index (χ3n) is 5.71. The Hall–Kier alpha value is -4.11. The van der Waals surface area contributed by atoms with Crippen LogP contribution in [-0.4, -0.2) is 29.8 Å². The van der Waals surface area contributed by atoms with Crippen LogP contribution >= 0.6 is 0 Å². The number of fused-ring (bicyclic) bond motifs is 3. The van der Waals surface area contributed by atoms with Crippen LogP contribution in [0, 0.1) is 11.3 Å². The minimum Gasteiger partial charge on any atom is -0.480 e. The molecule has 0 saturated heterocycles. The molecule has 0 unspecified atom stereocenters. The first-order valence-corrected chi connectivity index (χ1v) is 10.4. The predicted octanol–water partition coefficient (Wildman–Crippen LogP) is 4.48. The lowest BCUT2D eigenvalue weighted by Crippen LogP contribution is -2.41. The number of nitrogens with one attached hydrogen (secondary N) is 1. The molecule has 160 valence electrons. The van der Waals surface area contributed by atoms with E-state index in [2.05, 4.69) is 23.5 Å². The van der Waals surface area contributed by atoms with Gasteiger partial charge in [-0.15, -0.1) is 0 Å². The van der Waals surface area contributed by atoms with Gasteiger partial charge in [0.25, 0.3) is 0 Å². The van der Waals surface area contributed by atoms with Gasteiger partial charge in [-0.1, -0.05) is 60.7 Å². The summed E-state index contributed by atoms with van der Waals surface area (Å²) in [6.07, 6.45) is -0.157. The van der Waals surface area contributed by atoms with Crippen LogP contribution in [-0.2, 0) is 16.0 Å². The molecule has 32 heavy (non-hydrogen) atoms. The van der Waals surface area contributed by atoms with Gasteiger partial charge >= 0.3 is 12.1 Å². The van der Waals surface area contributed by atoms with Crippen LogP contribution in [0.3, 0.4) is 0 Å². The number of amides is 1. The quantitative estimate of drug-likeness (QED) is 0.580. The van der Waals surface area contributed by atoms with Crippen molar-refractivity contribution in [2.75, 3.05) is 6.61 Å². The van der Waals surface area contributed by atoms with Crippen LogP contribution in [0.5, 0.6) is 0 Å². The van der Waals surface area contributed by atoms with Gasteiger partial charge in [-0.25, -0.2) is 9.59 Å². The third kappa shape index (κ3) is 4.47. The van der Waals surface area contributed by atoms with Gasteiger partial charge in [0.2, 0.25) is 0 Å². The molecule has 6 heteroatoms. The first-order chi connectivity index (χ1) is 15.6. The van der Waals surface area contributed by atoms with E-state index in [0.29, 0.717) is 12.0 Å². The lowest BCUT2D eigenvalue weighted by atomic mass is 9.98. The Morgan fingerprint density at radius 3 is 2.28 bits per heavy atom. The molecule has 1 aliphatic carbocycles. The number of benzene rings is 3. The number of aryl methyl sites for hydroxylation is 1. The highest BCUT2D eigenvalue weighted by molar-refractivity contribution is 5.81. The summed E-state index contributed by atoms with van der Waals surface area (Å²) in [5, 5.41) is 21.0. The van der Waals surface area contributed by atoms with Crippen molar-refractivity contribution in [1.82, 2.24) is 5.32 Å². The monoisotopic (exact) mass is 426 g/mol. The van der Waals surface area contributed by atoms with E-state index in [9.17, 15) is 14.7 Å². The van der Waals surface area contributed by atoms with E-state index in [1.165, 1.54) is 0 Å². The lowest BCUT2D eigenvalue weighted by molar-refractivity contribution is -0.139. The van der Waals surface area contributed by atoms with Crippen molar-refractivity contribution < 1.29 is 19.4 Å². The summed E-state index contributed by atoms with van der Waals surface area (Å²) in [6, 6.07) is 24.0. The van der Waals surface area contributed by atoms with Gasteiger partial charge in [-0.3, -0.25) is 0 Å². The molecule has 4 rings (SSSR count). The lowest BCUT2D eigenvalue weighted by Gasteiger charge is -2.17. The molecule has 0 spiro atoms. The minimum absolute atomic E-state index is 0.0925. The Balaban J connectivity index is 1.38. The molecule has 6 nitrogen and oxygen atoms in total. The number of carbonyl (C=O) groups is 2. The second kappa shape index (κ2) is 9.36. The number of alkyl carbamates (subject to hydrolysis) is 1. The molecule has 0 radical (unpaired) electrons. The molecule has 2 N–H and O–H groups in total. The van der Waals surface area contributed by atoms with Gasteiger partial charge < -0.3 is 15.2 Å². The fourth-order valence-corrected chi connectivity index (χ4v) is 4.15. The van der Waals surface area contributed by atoms with Gasteiger partial charge in [-0.05, 0) is 52.8 Å². The molecule has 1 aliphatic rings. The number of hydrogen-bond acceptors (Lipinski definition) is 4. The number of hydrogen-bond donors (Lipinski definition) is 2. The van der Waals surface area contributed by atoms with E-state index in [1.807, 2.05) is 42.5 Å². The van der Waals surface area contributed by atoms with E-state index in [1.54, 1.807) is 18.2 Å². The number of rotatable bonds is 7. The Kier molecular flexibility index (Phi) is 6.18. The number of nitriles is 1. The summed E-state index contributed by atoms with van der Waals surface area (Å²) >= 11 is 0. The Morgan fingerprint density at radius 1 is 1.00 bits per heavy atom. The second-order valence-corrected chi connectivity index (χ2v) is 7.71. The van der Waals surface area contributed by atoms with Gasteiger partial charge in [-0.2, -0.15) is 5.26 Å². The highest BCUT2D eigenvalue weighted by Crippen LogP contribution is 2.44. The van der Waals surface area contributed by atoms with Crippen LogP contribution in [0.4, 0.5) is 4.79 Å². The Morgan fingerprint density at radius 2 is 1.66 bits per heavy atom.